The lowest BCUT2D eigenvalue weighted by Crippen LogP contribution is -2.43. The molecule has 0 radical (unpaired) electrons. The van der Waals surface area contributed by atoms with Gasteiger partial charge in [-0.05, 0) is 80.3 Å². The Labute approximate surface area is 145 Å². The molecule has 0 aliphatic heterocycles. The Balaban J connectivity index is 1.54. The fourth-order valence-corrected chi connectivity index (χ4v) is 6.56. The Morgan fingerprint density at radius 2 is 2.08 bits per heavy atom. The van der Waals surface area contributed by atoms with Gasteiger partial charge in [0.1, 0.15) is 5.76 Å². The van der Waals surface area contributed by atoms with Gasteiger partial charge < -0.3 is 9.15 Å². The summed E-state index contributed by atoms with van der Waals surface area (Å²) in [4.78, 5) is 0. The summed E-state index contributed by atoms with van der Waals surface area (Å²) < 4.78 is 11.6. The van der Waals surface area contributed by atoms with Crippen molar-refractivity contribution >= 4 is 12.2 Å². The number of methoxy groups -OCH3 is 1. The van der Waals surface area contributed by atoms with Crippen molar-refractivity contribution in [3.63, 3.8) is 0 Å². The van der Waals surface area contributed by atoms with Crippen LogP contribution in [0.15, 0.2) is 27.9 Å². The summed E-state index contributed by atoms with van der Waals surface area (Å²) in [5.41, 5.74) is 4.94. The highest BCUT2D eigenvalue weighted by Crippen LogP contribution is 2.60. The van der Waals surface area contributed by atoms with Crippen molar-refractivity contribution in [2.24, 2.45) is 23.2 Å². The van der Waals surface area contributed by atoms with E-state index in [2.05, 4.69) is 25.1 Å². The normalized spacial score (nSPS) is 40.6. The summed E-state index contributed by atoms with van der Waals surface area (Å²) in [6.45, 7) is 2.51. The second kappa shape index (κ2) is 5.36. The van der Waals surface area contributed by atoms with E-state index in [1.165, 1.54) is 50.5 Å². The average molecular weight is 324 g/mol. The van der Waals surface area contributed by atoms with Crippen molar-refractivity contribution < 1.29 is 9.15 Å². The zero-order chi connectivity index (χ0) is 16.3. The molecule has 0 saturated heterocycles. The molecule has 2 bridgehead atoms. The van der Waals surface area contributed by atoms with E-state index in [0.29, 0.717) is 11.5 Å². The van der Waals surface area contributed by atoms with Gasteiger partial charge in [-0.2, -0.15) is 0 Å². The summed E-state index contributed by atoms with van der Waals surface area (Å²) in [5.74, 6) is 3.52. The van der Waals surface area contributed by atoms with Gasteiger partial charge in [0.05, 0.1) is 12.4 Å². The van der Waals surface area contributed by atoms with Crippen LogP contribution < -0.4 is 0 Å². The summed E-state index contributed by atoms with van der Waals surface area (Å²) in [6.07, 6.45) is 16.1. The molecule has 128 valence electrons. The molecule has 0 aromatic carbocycles. The van der Waals surface area contributed by atoms with Gasteiger partial charge in [-0.1, -0.05) is 24.1 Å². The number of fused-ring (bicyclic) bond motifs is 7. The van der Waals surface area contributed by atoms with Crippen LogP contribution in [0.5, 0.6) is 0 Å². The molecular formula is C22H28O2. The zero-order valence-electron chi connectivity index (χ0n) is 14.9. The molecule has 24 heavy (non-hydrogen) atoms. The average Bonchev–Trinajstić information content (AvgIpc) is 3.05. The Hall–Kier alpha value is -1.28. The zero-order valence-corrected chi connectivity index (χ0v) is 14.9. The summed E-state index contributed by atoms with van der Waals surface area (Å²) in [7, 11) is 1.92. The fourth-order valence-electron chi connectivity index (χ4n) is 6.56. The van der Waals surface area contributed by atoms with Crippen LogP contribution in [0.4, 0.5) is 0 Å². The minimum Gasteiger partial charge on any atom is -0.464 e. The topological polar surface area (TPSA) is 22.4 Å². The van der Waals surface area contributed by atoms with Crippen molar-refractivity contribution in [2.75, 3.05) is 7.11 Å². The molecule has 4 aliphatic rings. The van der Waals surface area contributed by atoms with E-state index in [-0.39, 0.29) is 0 Å². The van der Waals surface area contributed by atoms with E-state index in [4.69, 9.17) is 9.15 Å². The molecule has 3 fully saturated rings. The molecule has 2 heteroatoms. The first-order chi connectivity index (χ1) is 11.7. The van der Waals surface area contributed by atoms with Crippen LogP contribution >= 0.6 is 0 Å². The standard InChI is InChI=1S/C22H28O2/c1-22-9-7-17-16-11-14(12-20-15(13-16)8-10-24-20)3-4-18(17)19(22)5-6-21(22)23-2/h8,10,12-13,17-19,21H,3-7,9,11H2,1-2H3/t17?,18?,19?,21-,22-/m0/s1. The first-order valence-corrected chi connectivity index (χ1v) is 9.69. The van der Waals surface area contributed by atoms with Crippen LogP contribution in [-0.4, -0.2) is 13.2 Å². The Bertz CT molecular complexity index is 709. The first-order valence-electron chi connectivity index (χ1n) is 9.69. The highest BCUT2D eigenvalue weighted by Gasteiger charge is 2.54. The monoisotopic (exact) mass is 324 g/mol. The number of allylic oxidation sites excluding steroid dienone is 2. The van der Waals surface area contributed by atoms with Gasteiger partial charge in [-0.15, -0.1) is 0 Å². The Morgan fingerprint density at radius 3 is 2.96 bits per heavy atom. The van der Waals surface area contributed by atoms with Gasteiger partial charge in [-0.3, -0.25) is 0 Å². The lowest BCUT2D eigenvalue weighted by molar-refractivity contribution is -0.0478. The minimum atomic E-state index is 0.403. The fraction of sp³-hybridized carbons (Fsp3) is 0.636. The van der Waals surface area contributed by atoms with Gasteiger partial charge in [0, 0.05) is 12.7 Å². The van der Waals surface area contributed by atoms with Gasteiger partial charge in [0.25, 0.3) is 0 Å². The molecule has 0 amide bonds. The van der Waals surface area contributed by atoms with Crippen molar-refractivity contribution in [3.8, 4) is 0 Å². The predicted octanol–water partition coefficient (Wildman–Crippen LogP) is 5.70. The van der Waals surface area contributed by atoms with Crippen LogP contribution in [-0.2, 0) is 4.74 Å². The lowest BCUT2D eigenvalue weighted by atomic mass is 9.58. The number of hydrogen-bond donors (Lipinski definition) is 0. The second-order valence-corrected chi connectivity index (χ2v) is 8.70. The minimum absolute atomic E-state index is 0.403. The molecule has 3 unspecified atom stereocenters. The van der Waals surface area contributed by atoms with Gasteiger partial charge in [-0.25, -0.2) is 0 Å². The number of furan rings is 1. The first kappa shape index (κ1) is 15.0. The summed E-state index contributed by atoms with van der Waals surface area (Å²) >= 11 is 0. The maximum Gasteiger partial charge on any atom is 0.133 e. The number of ether oxygens (including phenoxy) is 1. The third kappa shape index (κ3) is 2.05. The highest BCUT2D eigenvalue weighted by atomic mass is 16.5. The molecule has 2 nitrogen and oxygen atoms in total. The molecule has 0 N–H and O–H groups in total. The molecule has 1 heterocycles. The molecule has 5 atom stereocenters. The second-order valence-electron chi connectivity index (χ2n) is 8.70. The van der Waals surface area contributed by atoms with E-state index < -0.39 is 0 Å². The molecule has 0 spiro atoms. The third-order valence-corrected chi connectivity index (χ3v) is 7.74. The lowest BCUT2D eigenvalue weighted by Gasteiger charge is -2.48. The Kier molecular flexibility index (Phi) is 3.35. The van der Waals surface area contributed by atoms with Crippen LogP contribution in [0.2, 0.25) is 0 Å². The largest absolute Gasteiger partial charge is 0.464 e. The van der Waals surface area contributed by atoms with Crippen LogP contribution in [0.25, 0.3) is 12.2 Å². The van der Waals surface area contributed by atoms with Crippen molar-refractivity contribution in [2.45, 2.75) is 58.0 Å². The van der Waals surface area contributed by atoms with Crippen LogP contribution in [0, 0.1) is 23.2 Å². The molecule has 3 saturated carbocycles. The highest BCUT2D eigenvalue weighted by molar-refractivity contribution is 5.68. The van der Waals surface area contributed by atoms with Gasteiger partial charge >= 0.3 is 0 Å². The summed E-state index contributed by atoms with van der Waals surface area (Å²) in [5, 5.41) is 0. The number of rotatable bonds is 1. The van der Waals surface area contributed by atoms with Crippen molar-refractivity contribution in [1.82, 2.24) is 0 Å². The maximum absolute atomic E-state index is 5.90. The van der Waals surface area contributed by atoms with Crippen molar-refractivity contribution in [1.29, 1.82) is 0 Å². The SMILES string of the molecule is CO[C@H]1CCC2C3CCC4=Cc5occc5C=C(C4)C3CC[C@@]21C. The van der Waals surface area contributed by atoms with Gasteiger partial charge in [0.15, 0.2) is 0 Å². The van der Waals surface area contributed by atoms with E-state index in [9.17, 15) is 0 Å². The molecule has 5 rings (SSSR count). The van der Waals surface area contributed by atoms with Crippen molar-refractivity contribution in [3.05, 3.63) is 34.8 Å². The molecule has 1 aromatic heterocycles. The van der Waals surface area contributed by atoms with Crippen LogP contribution in [0.1, 0.15) is 63.2 Å². The number of hydrogen-bond acceptors (Lipinski definition) is 2. The quantitative estimate of drug-likeness (QED) is 0.661. The Morgan fingerprint density at radius 1 is 1.17 bits per heavy atom. The van der Waals surface area contributed by atoms with E-state index in [1.54, 1.807) is 11.1 Å². The summed E-state index contributed by atoms with van der Waals surface area (Å²) in [6, 6.07) is 2.13. The van der Waals surface area contributed by atoms with Gasteiger partial charge in [0.2, 0.25) is 0 Å². The van der Waals surface area contributed by atoms with E-state index in [0.717, 1.165) is 23.5 Å². The third-order valence-electron chi connectivity index (χ3n) is 7.74. The smallest absolute Gasteiger partial charge is 0.133 e. The van der Waals surface area contributed by atoms with E-state index >= 15 is 0 Å². The molecule has 1 aromatic rings. The molecular weight excluding hydrogens is 296 g/mol. The molecule has 4 aliphatic carbocycles. The van der Waals surface area contributed by atoms with Crippen LogP contribution in [0.3, 0.4) is 0 Å². The maximum atomic E-state index is 5.90. The van der Waals surface area contributed by atoms with E-state index in [1.807, 2.05) is 13.4 Å². The predicted molar refractivity (Wildman–Crippen MR) is 96.4 cm³/mol.